The van der Waals surface area contributed by atoms with Gasteiger partial charge in [0.05, 0.1) is 13.2 Å². The highest BCUT2D eigenvalue weighted by Gasteiger charge is 2.35. The summed E-state index contributed by atoms with van der Waals surface area (Å²) in [6.45, 7) is 2.48. The van der Waals surface area contributed by atoms with Gasteiger partial charge in [-0.15, -0.1) is 0 Å². The first-order valence-corrected chi connectivity index (χ1v) is 8.32. The molecule has 1 aliphatic heterocycles. The Labute approximate surface area is 142 Å². The molecule has 2 aromatic rings. The Hall–Kier alpha value is -2.17. The maximum absolute atomic E-state index is 13.0. The molecule has 1 saturated heterocycles. The third kappa shape index (κ3) is 3.21. The monoisotopic (exact) mass is 325 g/mol. The molecule has 3 rings (SSSR count). The lowest BCUT2D eigenvalue weighted by molar-refractivity contribution is -0.0598. The summed E-state index contributed by atoms with van der Waals surface area (Å²) in [5.41, 5.74) is 2.50. The zero-order chi connectivity index (χ0) is 17.2. The number of aryl methyl sites for hydroxylation is 1. The van der Waals surface area contributed by atoms with Gasteiger partial charge in [0.15, 0.2) is 0 Å². The van der Waals surface area contributed by atoms with Gasteiger partial charge in [-0.25, -0.2) is 0 Å². The predicted octanol–water partition coefficient (Wildman–Crippen LogP) is 2.62. The van der Waals surface area contributed by atoms with E-state index < -0.39 is 5.60 Å². The van der Waals surface area contributed by atoms with Crippen LogP contribution in [0.3, 0.4) is 0 Å². The first-order valence-electron chi connectivity index (χ1n) is 8.32. The molecule has 0 spiro atoms. The smallest absolute Gasteiger partial charge is 0.254 e. The van der Waals surface area contributed by atoms with Gasteiger partial charge >= 0.3 is 0 Å². The Balaban J connectivity index is 1.96. The molecule has 24 heavy (non-hydrogen) atoms. The van der Waals surface area contributed by atoms with Crippen molar-refractivity contribution in [2.75, 3.05) is 19.7 Å². The zero-order valence-electron chi connectivity index (χ0n) is 13.9. The normalized spacial score (nSPS) is 20.9. The number of piperidine rings is 1. The quantitative estimate of drug-likeness (QED) is 0.912. The Morgan fingerprint density at radius 3 is 2.50 bits per heavy atom. The summed E-state index contributed by atoms with van der Waals surface area (Å²) in [6, 6.07) is 15.6. The number of carbonyl (C=O) groups is 1. The molecule has 1 fully saturated rings. The van der Waals surface area contributed by atoms with Crippen molar-refractivity contribution in [3.8, 4) is 11.1 Å². The second kappa shape index (κ2) is 6.75. The van der Waals surface area contributed by atoms with Gasteiger partial charge in [0, 0.05) is 12.1 Å². The molecule has 1 amide bonds. The van der Waals surface area contributed by atoms with Gasteiger partial charge < -0.3 is 15.1 Å². The van der Waals surface area contributed by atoms with Gasteiger partial charge in [-0.1, -0.05) is 42.5 Å². The fourth-order valence-corrected chi connectivity index (χ4v) is 3.36. The van der Waals surface area contributed by atoms with Crippen molar-refractivity contribution in [3.05, 3.63) is 59.7 Å². The molecule has 2 aromatic carbocycles. The van der Waals surface area contributed by atoms with Crippen molar-refractivity contribution in [1.82, 2.24) is 4.90 Å². The molecule has 4 nitrogen and oxygen atoms in total. The average Bonchev–Trinajstić information content (AvgIpc) is 2.62. The first-order chi connectivity index (χ1) is 11.5. The maximum Gasteiger partial charge on any atom is 0.254 e. The van der Waals surface area contributed by atoms with Gasteiger partial charge in [0.2, 0.25) is 0 Å². The second-order valence-electron chi connectivity index (χ2n) is 6.57. The molecule has 126 valence electrons. The molecule has 0 radical (unpaired) electrons. The van der Waals surface area contributed by atoms with Crippen molar-refractivity contribution in [1.29, 1.82) is 0 Å². The van der Waals surface area contributed by atoms with Crippen molar-refractivity contribution >= 4 is 5.91 Å². The number of likely N-dealkylation sites (tertiary alicyclic amines) is 1. The van der Waals surface area contributed by atoms with E-state index in [9.17, 15) is 15.0 Å². The number of hydrogen-bond donors (Lipinski definition) is 2. The van der Waals surface area contributed by atoms with Gasteiger partial charge in [-0.05, 0) is 42.5 Å². The Morgan fingerprint density at radius 2 is 1.79 bits per heavy atom. The first kappa shape index (κ1) is 16.7. The summed E-state index contributed by atoms with van der Waals surface area (Å²) in [6.07, 6.45) is 1.21. The number of β-amino-alcohol motifs (C(OH)–C–C–N with tert-alkyl or cyclic N) is 1. The standard InChI is InChI=1S/C20H23NO3/c1-15-7-2-3-8-16(15)17-9-4-5-10-18(17)19(23)21-12-6-11-20(24,13-21)14-22/h2-5,7-10,22,24H,6,11-14H2,1H3/t20-/m0/s1. The number of nitrogens with zero attached hydrogens (tertiary/aromatic N) is 1. The Bertz CT molecular complexity index is 743. The van der Waals surface area contributed by atoms with Crippen LogP contribution in [0.2, 0.25) is 0 Å². The fourth-order valence-electron chi connectivity index (χ4n) is 3.36. The highest BCUT2D eigenvalue weighted by atomic mass is 16.3. The van der Waals surface area contributed by atoms with Crippen LogP contribution in [0.4, 0.5) is 0 Å². The Kier molecular flexibility index (Phi) is 4.69. The van der Waals surface area contributed by atoms with Crippen LogP contribution in [0.1, 0.15) is 28.8 Å². The molecule has 4 heteroatoms. The molecule has 0 aliphatic carbocycles. The average molecular weight is 325 g/mol. The van der Waals surface area contributed by atoms with Crippen molar-refractivity contribution < 1.29 is 15.0 Å². The summed E-state index contributed by atoms with van der Waals surface area (Å²) in [4.78, 5) is 14.7. The van der Waals surface area contributed by atoms with Gasteiger partial charge in [0.25, 0.3) is 5.91 Å². The molecule has 0 aromatic heterocycles. The van der Waals surface area contributed by atoms with E-state index in [1.165, 1.54) is 0 Å². The number of hydrogen-bond acceptors (Lipinski definition) is 3. The fraction of sp³-hybridized carbons (Fsp3) is 0.350. The van der Waals surface area contributed by atoms with Crippen LogP contribution in [-0.4, -0.2) is 46.3 Å². The van der Waals surface area contributed by atoms with E-state index >= 15 is 0 Å². The number of amides is 1. The number of aliphatic hydroxyl groups excluding tert-OH is 1. The highest BCUT2D eigenvalue weighted by Crippen LogP contribution is 2.29. The van der Waals surface area contributed by atoms with Crippen LogP contribution in [0.25, 0.3) is 11.1 Å². The molecule has 0 unspecified atom stereocenters. The lowest BCUT2D eigenvalue weighted by Gasteiger charge is -2.38. The summed E-state index contributed by atoms with van der Waals surface area (Å²) in [7, 11) is 0. The van der Waals surface area contributed by atoms with Crippen LogP contribution in [-0.2, 0) is 0 Å². The van der Waals surface area contributed by atoms with E-state index in [0.29, 0.717) is 24.9 Å². The highest BCUT2D eigenvalue weighted by molar-refractivity contribution is 6.01. The summed E-state index contributed by atoms with van der Waals surface area (Å²) >= 11 is 0. The van der Waals surface area contributed by atoms with E-state index in [1.807, 2.05) is 55.5 Å². The van der Waals surface area contributed by atoms with Crippen LogP contribution in [0.15, 0.2) is 48.5 Å². The third-order valence-electron chi connectivity index (χ3n) is 4.73. The summed E-state index contributed by atoms with van der Waals surface area (Å²) in [5, 5.41) is 19.7. The van der Waals surface area contributed by atoms with Crippen LogP contribution >= 0.6 is 0 Å². The molecular formula is C20H23NO3. The molecular weight excluding hydrogens is 302 g/mol. The second-order valence-corrected chi connectivity index (χ2v) is 6.57. The van der Waals surface area contributed by atoms with E-state index in [-0.39, 0.29) is 19.1 Å². The maximum atomic E-state index is 13.0. The van der Waals surface area contributed by atoms with Crippen LogP contribution < -0.4 is 0 Å². The van der Waals surface area contributed by atoms with Crippen LogP contribution in [0.5, 0.6) is 0 Å². The zero-order valence-corrected chi connectivity index (χ0v) is 13.9. The predicted molar refractivity (Wildman–Crippen MR) is 93.8 cm³/mol. The molecule has 0 bridgehead atoms. The third-order valence-corrected chi connectivity index (χ3v) is 4.73. The number of aliphatic hydroxyl groups is 2. The van der Waals surface area contributed by atoms with Gasteiger partial charge in [-0.2, -0.15) is 0 Å². The van der Waals surface area contributed by atoms with Crippen molar-refractivity contribution in [2.24, 2.45) is 0 Å². The molecule has 1 heterocycles. The lowest BCUT2D eigenvalue weighted by Crippen LogP contribution is -2.52. The summed E-state index contributed by atoms with van der Waals surface area (Å²) < 4.78 is 0. The minimum absolute atomic E-state index is 0.0968. The van der Waals surface area contributed by atoms with Gasteiger partial charge in [-0.3, -0.25) is 4.79 Å². The lowest BCUT2D eigenvalue weighted by atomic mass is 9.91. The SMILES string of the molecule is Cc1ccccc1-c1ccccc1C(=O)N1CCC[C@@](O)(CO)C1. The van der Waals surface area contributed by atoms with Crippen molar-refractivity contribution in [3.63, 3.8) is 0 Å². The largest absolute Gasteiger partial charge is 0.393 e. The molecule has 0 saturated carbocycles. The minimum atomic E-state index is -1.19. The minimum Gasteiger partial charge on any atom is -0.393 e. The van der Waals surface area contributed by atoms with Crippen molar-refractivity contribution in [2.45, 2.75) is 25.4 Å². The van der Waals surface area contributed by atoms with Gasteiger partial charge in [0.1, 0.15) is 5.60 Å². The van der Waals surface area contributed by atoms with Crippen LogP contribution in [0, 0.1) is 6.92 Å². The molecule has 1 aliphatic rings. The molecule has 2 N–H and O–H groups in total. The van der Waals surface area contributed by atoms with E-state index in [0.717, 1.165) is 16.7 Å². The number of benzene rings is 2. The number of rotatable bonds is 3. The molecule has 1 atom stereocenters. The Morgan fingerprint density at radius 1 is 1.12 bits per heavy atom. The topological polar surface area (TPSA) is 60.8 Å². The van der Waals surface area contributed by atoms with E-state index in [1.54, 1.807) is 4.90 Å². The summed E-state index contributed by atoms with van der Waals surface area (Å²) in [5.74, 6) is -0.0968. The number of carbonyl (C=O) groups excluding carboxylic acids is 1. The van der Waals surface area contributed by atoms with E-state index in [2.05, 4.69) is 0 Å². The van der Waals surface area contributed by atoms with E-state index in [4.69, 9.17) is 0 Å².